The van der Waals surface area contributed by atoms with E-state index in [1.54, 1.807) is 24.4 Å². The summed E-state index contributed by atoms with van der Waals surface area (Å²) in [6.07, 6.45) is 4.78. The van der Waals surface area contributed by atoms with Crippen molar-refractivity contribution in [1.29, 1.82) is 0 Å². The van der Waals surface area contributed by atoms with Gasteiger partial charge in [-0.05, 0) is 87.7 Å². The monoisotopic (exact) mass is 583 g/mol. The minimum atomic E-state index is -4.37. The second-order valence-electron chi connectivity index (χ2n) is 9.50. The molecular weight excluding hydrogens is 550 g/mol. The smallest absolute Gasteiger partial charge is 0.416 e. The first-order chi connectivity index (χ1) is 16.7. The quantitative estimate of drug-likeness (QED) is 0.430. The molecule has 2 aromatic rings. The highest BCUT2D eigenvalue weighted by Gasteiger charge is 2.31. The standard InChI is InChI=1S/C25H32F3N3O3S.2ClH/c26-25(27,28)20-3-1-4-23(17-20)34-22-11-15-31(16-12-22)14-10-19-6-8-21(9-7-19)30-35(32,33)24-5-2-13-29-18-24;;/h1-5,13,17-19,21-22,30H,6-12,14-16H2;2*1H. The highest BCUT2D eigenvalue weighted by Crippen LogP contribution is 2.32. The molecule has 208 valence electrons. The van der Waals surface area contributed by atoms with Crippen LogP contribution in [0.3, 0.4) is 0 Å². The molecule has 1 N–H and O–H groups in total. The number of rotatable bonds is 8. The maximum Gasteiger partial charge on any atom is 0.416 e. The molecule has 0 radical (unpaired) electrons. The number of benzene rings is 1. The topological polar surface area (TPSA) is 71.5 Å². The predicted octanol–water partition coefficient (Wildman–Crippen LogP) is 5.71. The molecule has 1 aliphatic carbocycles. The number of nitrogens with one attached hydrogen (secondary N) is 1. The van der Waals surface area contributed by atoms with Crippen LogP contribution in [0.2, 0.25) is 0 Å². The van der Waals surface area contributed by atoms with Gasteiger partial charge in [0.1, 0.15) is 16.7 Å². The second-order valence-corrected chi connectivity index (χ2v) is 11.2. The fourth-order valence-corrected chi connectivity index (χ4v) is 6.18. The zero-order valence-electron chi connectivity index (χ0n) is 20.4. The zero-order valence-corrected chi connectivity index (χ0v) is 22.8. The summed E-state index contributed by atoms with van der Waals surface area (Å²) in [5.74, 6) is 0.849. The third kappa shape index (κ3) is 9.28. The van der Waals surface area contributed by atoms with Crippen LogP contribution in [0.15, 0.2) is 53.7 Å². The van der Waals surface area contributed by atoms with E-state index in [4.69, 9.17) is 4.74 Å². The molecule has 1 aliphatic heterocycles. The Hall–Kier alpha value is -1.59. The van der Waals surface area contributed by atoms with Crippen molar-refractivity contribution in [1.82, 2.24) is 14.6 Å². The number of hydrogen-bond donors (Lipinski definition) is 1. The number of ether oxygens (including phenoxy) is 1. The maximum absolute atomic E-state index is 12.9. The number of alkyl halides is 3. The van der Waals surface area contributed by atoms with Crippen LogP contribution in [-0.2, 0) is 16.2 Å². The molecule has 6 nitrogen and oxygen atoms in total. The summed E-state index contributed by atoms with van der Waals surface area (Å²) in [6, 6.07) is 8.21. The molecule has 1 saturated heterocycles. The molecule has 2 fully saturated rings. The number of pyridine rings is 1. The van der Waals surface area contributed by atoms with E-state index in [0.29, 0.717) is 5.92 Å². The largest absolute Gasteiger partial charge is 0.490 e. The molecule has 1 saturated carbocycles. The van der Waals surface area contributed by atoms with Crippen LogP contribution < -0.4 is 9.46 Å². The molecule has 1 aromatic heterocycles. The van der Waals surface area contributed by atoms with Crippen LogP contribution in [0.1, 0.15) is 50.5 Å². The Labute approximate surface area is 229 Å². The van der Waals surface area contributed by atoms with Gasteiger partial charge in [-0.3, -0.25) is 4.98 Å². The van der Waals surface area contributed by atoms with Gasteiger partial charge in [0.15, 0.2) is 0 Å². The van der Waals surface area contributed by atoms with Crippen molar-refractivity contribution in [2.75, 3.05) is 19.6 Å². The van der Waals surface area contributed by atoms with Crippen LogP contribution >= 0.6 is 24.8 Å². The van der Waals surface area contributed by atoms with Gasteiger partial charge in [0.25, 0.3) is 0 Å². The maximum atomic E-state index is 12.9. The summed E-state index contributed by atoms with van der Waals surface area (Å²) in [4.78, 5) is 6.48. The van der Waals surface area contributed by atoms with Gasteiger partial charge in [-0.15, -0.1) is 24.8 Å². The average Bonchev–Trinajstić information content (AvgIpc) is 2.84. The molecule has 37 heavy (non-hydrogen) atoms. The highest BCUT2D eigenvalue weighted by molar-refractivity contribution is 7.89. The van der Waals surface area contributed by atoms with Crippen molar-refractivity contribution in [2.45, 2.75) is 68.2 Å². The Morgan fingerprint density at radius 1 is 1.00 bits per heavy atom. The third-order valence-corrected chi connectivity index (χ3v) is 8.47. The van der Waals surface area contributed by atoms with E-state index < -0.39 is 21.8 Å². The van der Waals surface area contributed by atoms with Crippen molar-refractivity contribution in [3.05, 3.63) is 54.4 Å². The molecule has 2 aliphatic rings. The molecule has 1 aromatic carbocycles. The van der Waals surface area contributed by atoms with Crippen molar-refractivity contribution in [3.8, 4) is 5.75 Å². The Morgan fingerprint density at radius 3 is 2.32 bits per heavy atom. The average molecular weight is 585 g/mol. The van der Waals surface area contributed by atoms with Crippen molar-refractivity contribution >= 4 is 34.8 Å². The lowest BCUT2D eigenvalue weighted by Gasteiger charge is -2.34. The van der Waals surface area contributed by atoms with Crippen LogP contribution in [0.25, 0.3) is 0 Å². The van der Waals surface area contributed by atoms with Gasteiger partial charge >= 0.3 is 6.18 Å². The molecule has 12 heteroatoms. The number of sulfonamides is 1. The summed E-state index contributed by atoms with van der Waals surface area (Å²) in [7, 11) is -3.53. The summed E-state index contributed by atoms with van der Waals surface area (Å²) in [5.41, 5.74) is -0.688. The van der Waals surface area contributed by atoms with Crippen LogP contribution in [0.4, 0.5) is 13.2 Å². The van der Waals surface area contributed by atoms with E-state index in [1.165, 1.54) is 12.3 Å². The van der Waals surface area contributed by atoms with E-state index >= 15 is 0 Å². The Kier molecular flexibility index (Phi) is 12.0. The van der Waals surface area contributed by atoms with E-state index in [9.17, 15) is 21.6 Å². The third-order valence-electron chi connectivity index (χ3n) is 6.97. The van der Waals surface area contributed by atoms with E-state index in [2.05, 4.69) is 14.6 Å². The summed E-state index contributed by atoms with van der Waals surface area (Å²) in [5, 5.41) is 0. The van der Waals surface area contributed by atoms with Crippen molar-refractivity contribution in [2.24, 2.45) is 5.92 Å². The van der Waals surface area contributed by atoms with Gasteiger partial charge in [0, 0.05) is 31.5 Å². The normalized spacial score (nSPS) is 21.5. The summed E-state index contributed by atoms with van der Waals surface area (Å²) < 4.78 is 72.4. The SMILES string of the molecule is Cl.Cl.O=S(=O)(NC1CCC(CCN2CCC(Oc3cccc(C(F)(F)F)c3)CC2)CC1)c1cccnc1. The zero-order chi connectivity index (χ0) is 24.9. The fourth-order valence-electron chi connectivity index (χ4n) is 4.92. The summed E-state index contributed by atoms with van der Waals surface area (Å²) in [6.45, 7) is 2.71. The van der Waals surface area contributed by atoms with E-state index in [1.807, 2.05) is 0 Å². The van der Waals surface area contributed by atoms with E-state index in [0.717, 1.165) is 76.7 Å². The second kappa shape index (κ2) is 14.0. The van der Waals surface area contributed by atoms with Gasteiger partial charge in [-0.2, -0.15) is 13.2 Å². The molecule has 0 spiro atoms. The van der Waals surface area contributed by atoms with Gasteiger partial charge in [-0.1, -0.05) is 6.07 Å². The first-order valence-electron chi connectivity index (χ1n) is 12.2. The van der Waals surface area contributed by atoms with Crippen LogP contribution in [0.5, 0.6) is 5.75 Å². The van der Waals surface area contributed by atoms with Gasteiger partial charge in [0.05, 0.1) is 5.56 Å². The number of aromatic nitrogens is 1. The first kappa shape index (κ1) is 31.6. The van der Waals surface area contributed by atoms with Crippen molar-refractivity contribution < 1.29 is 26.3 Å². The Morgan fingerprint density at radius 2 is 1.70 bits per heavy atom. The molecule has 4 rings (SSSR count). The molecule has 0 bridgehead atoms. The molecule has 0 amide bonds. The first-order valence-corrected chi connectivity index (χ1v) is 13.7. The van der Waals surface area contributed by atoms with E-state index in [-0.39, 0.29) is 47.6 Å². The molecular formula is C25H34Cl2F3N3O3S. The fraction of sp³-hybridized carbons (Fsp3) is 0.560. The van der Waals surface area contributed by atoms with Gasteiger partial charge in [-0.25, -0.2) is 13.1 Å². The predicted molar refractivity (Wildman–Crippen MR) is 141 cm³/mol. The molecule has 0 unspecified atom stereocenters. The number of hydrogen-bond acceptors (Lipinski definition) is 5. The molecule has 0 atom stereocenters. The number of nitrogens with zero attached hydrogens (tertiary/aromatic N) is 2. The lowest BCUT2D eigenvalue weighted by molar-refractivity contribution is -0.137. The molecule has 2 heterocycles. The van der Waals surface area contributed by atoms with Crippen LogP contribution in [0, 0.1) is 5.92 Å². The lowest BCUT2D eigenvalue weighted by Crippen LogP contribution is -2.40. The van der Waals surface area contributed by atoms with Gasteiger partial charge < -0.3 is 9.64 Å². The van der Waals surface area contributed by atoms with Crippen LogP contribution in [-0.4, -0.2) is 50.1 Å². The minimum absolute atomic E-state index is 0. The Balaban J connectivity index is 0.00000241. The number of piperidine rings is 1. The Bertz CT molecular complexity index is 1060. The van der Waals surface area contributed by atoms with Crippen molar-refractivity contribution in [3.63, 3.8) is 0 Å². The van der Waals surface area contributed by atoms with Gasteiger partial charge in [0.2, 0.25) is 10.0 Å². The summed E-state index contributed by atoms with van der Waals surface area (Å²) >= 11 is 0. The number of halogens is 5. The lowest BCUT2D eigenvalue weighted by atomic mass is 9.84. The minimum Gasteiger partial charge on any atom is -0.490 e. The highest BCUT2D eigenvalue weighted by atomic mass is 35.5. The number of likely N-dealkylation sites (tertiary alicyclic amines) is 1.